The molecule has 0 radical (unpaired) electrons. The molecule has 0 bridgehead atoms. The van der Waals surface area contributed by atoms with E-state index < -0.39 is 0 Å². The van der Waals surface area contributed by atoms with Gasteiger partial charge in [0.15, 0.2) is 0 Å². The molecule has 1 nitrogen and oxygen atoms in total. The van der Waals surface area contributed by atoms with Crippen LogP contribution in [0.2, 0.25) is 5.02 Å². The molecule has 0 aliphatic rings. The zero-order valence-electron chi connectivity index (χ0n) is 8.69. The summed E-state index contributed by atoms with van der Waals surface area (Å²) < 4.78 is 0. The Bertz CT molecular complexity index is 391. The molecule has 0 saturated heterocycles. The number of benzene rings is 1. The zero-order chi connectivity index (χ0) is 10.8. The van der Waals surface area contributed by atoms with Crippen LogP contribution in [0.4, 0.5) is 5.69 Å². The predicted molar refractivity (Wildman–Crippen MR) is 62.2 cm³/mol. The van der Waals surface area contributed by atoms with E-state index in [2.05, 4.69) is 32.6 Å². The highest BCUT2D eigenvalue weighted by atomic mass is 35.5. The minimum atomic E-state index is -0.00786. The third-order valence-electron chi connectivity index (χ3n) is 1.59. The van der Waals surface area contributed by atoms with Crippen LogP contribution in [0.3, 0.4) is 0 Å². The van der Waals surface area contributed by atoms with Crippen molar-refractivity contribution >= 4 is 17.3 Å². The zero-order valence-corrected chi connectivity index (χ0v) is 9.44. The average Bonchev–Trinajstić information content (AvgIpc) is 2.00. The average molecular weight is 208 g/mol. The van der Waals surface area contributed by atoms with Gasteiger partial charge in [-0.25, -0.2) is 0 Å². The molecular weight excluding hydrogens is 194 g/mol. The molecule has 0 unspecified atom stereocenters. The Morgan fingerprint density at radius 2 is 1.93 bits per heavy atom. The molecule has 1 rings (SSSR count). The molecule has 0 aliphatic carbocycles. The molecule has 0 saturated carbocycles. The normalized spacial score (nSPS) is 10.6. The lowest BCUT2D eigenvalue weighted by Crippen LogP contribution is -1.99. The van der Waals surface area contributed by atoms with Crippen LogP contribution >= 0.6 is 11.6 Å². The fourth-order valence-corrected chi connectivity index (χ4v) is 1.08. The largest absolute Gasteiger partial charge is 0.398 e. The van der Waals surface area contributed by atoms with Crippen molar-refractivity contribution < 1.29 is 0 Å². The predicted octanol–water partition coefficient (Wildman–Crippen LogP) is 3.32. The van der Waals surface area contributed by atoms with E-state index in [9.17, 15) is 0 Å². The van der Waals surface area contributed by atoms with Gasteiger partial charge in [-0.05, 0) is 39.0 Å². The van der Waals surface area contributed by atoms with E-state index in [1.807, 2.05) is 6.07 Å². The fourth-order valence-electron chi connectivity index (χ4n) is 0.902. The fraction of sp³-hybridized carbons (Fsp3) is 0.333. The van der Waals surface area contributed by atoms with E-state index in [1.165, 1.54) is 0 Å². The Labute approximate surface area is 90.3 Å². The van der Waals surface area contributed by atoms with Crippen LogP contribution in [-0.4, -0.2) is 0 Å². The minimum absolute atomic E-state index is 0.00786. The van der Waals surface area contributed by atoms with Gasteiger partial charge in [-0.3, -0.25) is 0 Å². The summed E-state index contributed by atoms with van der Waals surface area (Å²) in [5.41, 5.74) is 7.23. The molecule has 74 valence electrons. The summed E-state index contributed by atoms with van der Waals surface area (Å²) in [5, 5.41) is 0.642. The third-order valence-corrected chi connectivity index (χ3v) is 1.82. The van der Waals surface area contributed by atoms with Crippen molar-refractivity contribution in [3.8, 4) is 11.8 Å². The monoisotopic (exact) mass is 207 g/mol. The molecule has 0 heterocycles. The smallest absolute Gasteiger partial charge is 0.0488 e. The number of hydrogen-bond acceptors (Lipinski definition) is 1. The summed E-state index contributed by atoms with van der Waals surface area (Å²) in [7, 11) is 0. The Kier molecular flexibility index (Phi) is 3.08. The lowest BCUT2D eigenvalue weighted by molar-refractivity contribution is 0.571. The van der Waals surface area contributed by atoms with Crippen molar-refractivity contribution in [1.82, 2.24) is 0 Å². The van der Waals surface area contributed by atoms with Crippen LogP contribution in [0.5, 0.6) is 0 Å². The standard InChI is InChI=1S/C12H14ClN/c1-12(2,3)7-6-9-4-5-10(13)8-11(9)14/h4-5,8H,14H2,1-3H3. The number of rotatable bonds is 0. The highest BCUT2D eigenvalue weighted by Crippen LogP contribution is 2.18. The highest BCUT2D eigenvalue weighted by Gasteiger charge is 2.04. The summed E-state index contributed by atoms with van der Waals surface area (Å²) in [6.45, 7) is 6.18. The van der Waals surface area contributed by atoms with Gasteiger partial charge in [0.25, 0.3) is 0 Å². The highest BCUT2D eigenvalue weighted by molar-refractivity contribution is 6.30. The molecule has 0 spiro atoms. The van der Waals surface area contributed by atoms with Crippen molar-refractivity contribution in [1.29, 1.82) is 0 Å². The van der Waals surface area contributed by atoms with Gasteiger partial charge in [0.05, 0.1) is 0 Å². The Morgan fingerprint density at radius 1 is 1.29 bits per heavy atom. The maximum atomic E-state index is 5.78. The minimum Gasteiger partial charge on any atom is -0.398 e. The second kappa shape index (κ2) is 3.94. The van der Waals surface area contributed by atoms with Gasteiger partial charge < -0.3 is 5.73 Å². The van der Waals surface area contributed by atoms with Crippen molar-refractivity contribution in [3.63, 3.8) is 0 Å². The summed E-state index contributed by atoms with van der Waals surface area (Å²) >= 11 is 5.78. The second-order valence-corrected chi connectivity index (χ2v) is 4.67. The molecule has 0 aromatic heterocycles. The number of nitrogens with two attached hydrogens (primary N) is 1. The molecule has 0 amide bonds. The van der Waals surface area contributed by atoms with Gasteiger partial charge in [0.2, 0.25) is 0 Å². The molecule has 1 aromatic carbocycles. The molecule has 1 aromatic rings. The first-order valence-electron chi connectivity index (χ1n) is 4.47. The maximum absolute atomic E-state index is 5.78. The SMILES string of the molecule is CC(C)(C)C#Cc1ccc(Cl)cc1N. The number of anilines is 1. The summed E-state index contributed by atoms with van der Waals surface area (Å²) in [5.74, 6) is 6.17. The first kappa shape index (κ1) is 10.9. The quantitative estimate of drug-likeness (QED) is 0.513. The van der Waals surface area contributed by atoms with Crippen LogP contribution in [0, 0.1) is 17.3 Å². The first-order valence-corrected chi connectivity index (χ1v) is 4.84. The van der Waals surface area contributed by atoms with Gasteiger partial charge in [-0.15, -0.1) is 0 Å². The van der Waals surface area contributed by atoms with E-state index in [0.29, 0.717) is 10.7 Å². The van der Waals surface area contributed by atoms with E-state index in [1.54, 1.807) is 12.1 Å². The topological polar surface area (TPSA) is 26.0 Å². The molecule has 0 aliphatic heterocycles. The number of nitrogen functional groups attached to an aromatic ring is 1. The molecular formula is C12H14ClN. The van der Waals surface area contributed by atoms with Crippen LogP contribution < -0.4 is 5.73 Å². The van der Waals surface area contributed by atoms with Gasteiger partial charge in [0, 0.05) is 21.7 Å². The molecule has 2 heteroatoms. The molecule has 0 atom stereocenters. The van der Waals surface area contributed by atoms with Crippen molar-refractivity contribution in [2.75, 3.05) is 5.73 Å². The van der Waals surface area contributed by atoms with E-state index >= 15 is 0 Å². The third kappa shape index (κ3) is 3.32. The van der Waals surface area contributed by atoms with Gasteiger partial charge in [-0.2, -0.15) is 0 Å². The van der Waals surface area contributed by atoms with E-state index in [4.69, 9.17) is 17.3 Å². The van der Waals surface area contributed by atoms with Crippen molar-refractivity contribution in [2.24, 2.45) is 5.41 Å². The van der Waals surface area contributed by atoms with Gasteiger partial charge in [0.1, 0.15) is 0 Å². The molecule has 2 N–H and O–H groups in total. The van der Waals surface area contributed by atoms with Crippen molar-refractivity contribution in [2.45, 2.75) is 20.8 Å². The van der Waals surface area contributed by atoms with Crippen LogP contribution in [-0.2, 0) is 0 Å². The lowest BCUT2D eigenvalue weighted by atomic mass is 9.97. The summed E-state index contributed by atoms with van der Waals surface area (Å²) in [4.78, 5) is 0. The van der Waals surface area contributed by atoms with Crippen LogP contribution in [0.25, 0.3) is 0 Å². The lowest BCUT2D eigenvalue weighted by Gasteiger charge is -2.07. The second-order valence-electron chi connectivity index (χ2n) is 4.23. The Balaban J connectivity index is 3.02. The summed E-state index contributed by atoms with van der Waals surface area (Å²) in [6, 6.07) is 5.36. The van der Waals surface area contributed by atoms with Crippen molar-refractivity contribution in [3.05, 3.63) is 28.8 Å². The van der Waals surface area contributed by atoms with Gasteiger partial charge >= 0.3 is 0 Å². The molecule has 0 fully saturated rings. The first-order chi connectivity index (χ1) is 6.38. The summed E-state index contributed by atoms with van der Waals surface area (Å²) in [6.07, 6.45) is 0. The Hall–Kier alpha value is -1.13. The van der Waals surface area contributed by atoms with Crippen LogP contribution in [0.15, 0.2) is 18.2 Å². The maximum Gasteiger partial charge on any atom is 0.0488 e. The van der Waals surface area contributed by atoms with Gasteiger partial charge in [-0.1, -0.05) is 23.4 Å². The van der Waals surface area contributed by atoms with Crippen LogP contribution in [0.1, 0.15) is 26.3 Å². The van der Waals surface area contributed by atoms with E-state index in [0.717, 1.165) is 5.56 Å². The number of hydrogen-bond donors (Lipinski definition) is 1. The Morgan fingerprint density at radius 3 is 2.43 bits per heavy atom. The van der Waals surface area contributed by atoms with E-state index in [-0.39, 0.29) is 5.41 Å². The number of halogens is 1. The molecule has 14 heavy (non-hydrogen) atoms.